The molecule has 1 aliphatic rings. The molecule has 1 fully saturated rings. The van der Waals surface area contributed by atoms with E-state index in [9.17, 15) is 33.4 Å². The number of aliphatic hydroxyl groups is 1. The van der Waals surface area contributed by atoms with Crippen molar-refractivity contribution in [1.82, 2.24) is 14.5 Å². The van der Waals surface area contributed by atoms with Gasteiger partial charge in [-0.3, -0.25) is 14.3 Å². The molecule has 0 aliphatic carbocycles. The second-order valence-corrected chi connectivity index (χ2v) is 20.2. The minimum atomic E-state index is -5.78. The van der Waals surface area contributed by atoms with Crippen LogP contribution in [0, 0.1) is 11.8 Å². The largest absolute Gasteiger partial charge is 0.490 e. The van der Waals surface area contributed by atoms with Crippen LogP contribution in [0.2, 0.25) is 0 Å². The topological polar surface area (TPSA) is 284 Å². The van der Waals surface area contributed by atoms with Gasteiger partial charge in [0.25, 0.3) is 5.56 Å². The van der Waals surface area contributed by atoms with E-state index in [-0.39, 0.29) is 39.8 Å². The molecule has 2 aromatic rings. The third-order valence-corrected chi connectivity index (χ3v) is 13.7. The predicted molar refractivity (Wildman–Crippen MR) is 181 cm³/mol. The Hall–Kier alpha value is -0.505. The van der Waals surface area contributed by atoms with E-state index in [2.05, 4.69) is 30.4 Å². The lowest BCUT2D eigenvalue weighted by atomic mass is 10.1. The molecule has 0 amide bonds. The van der Waals surface area contributed by atoms with Gasteiger partial charge in [0.05, 0.1) is 17.6 Å². The maximum atomic E-state index is 12.9. The molecule has 27 heteroatoms. The first-order valence-corrected chi connectivity index (χ1v) is 22.5. The smallest absolute Gasteiger partial charge is 0.386 e. The fourth-order valence-electron chi connectivity index (χ4n) is 3.84. The van der Waals surface area contributed by atoms with Crippen LogP contribution in [0.15, 0.2) is 11.0 Å². The number of hydrogen-bond acceptors (Lipinski definition) is 17. The zero-order chi connectivity index (χ0) is 35.2. The first-order valence-electron chi connectivity index (χ1n) is 12.9. The van der Waals surface area contributed by atoms with Crippen molar-refractivity contribution in [3.05, 3.63) is 22.1 Å². The van der Waals surface area contributed by atoms with Crippen LogP contribution >= 0.6 is 66.5 Å². The molecule has 0 saturated carbocycles. The van der Waals surface area contributed by atoms with Crippen molar-refractivity contribution in [2.75, 3.05) is 30.8 Å². The zero-order valence-electron chi connectivity index (χ0n) is 25.0. The number of nitrogens with one attached hydrogen (secondary N) is 1. The number of H-pyrrole nitrogens is 1. The van der Waals surface area contributed by atoms with E-state index < -0.39 is 60.2 Å². The van der Waals surface area contributed by atoms with Crippen LogP contribution in [-0.2, 0) is 41.1 Å². The van der Waals surface area contributed by atoms with E-state index in [4.69, 9.17) is 34.3 Å². The molecule has 0 aromatic carbocycles. The highest BCUT2D eigenvalue weighted by atomic mass is 33.1. The van der Waals surface area contributed by atoms with Gasteiger partial charge >= 0.3 is 23.5 Å². The van der Waals surface area contributed by atoms with Crippen molar-refractivity contribution in [2.24, 2.45) is 0 Å². The number of ether oxygens (including phenoxy) is 3. The lowest BCUT2D eigenvalue weighted by molar-refractivity contribution is -0.0534. The average molecular weight is 800 g/mol. The van der Waals surface area contributed by atoms with E-state index in [0.717, 1.165) is 0 Å². The van der Waals surface area contributed by atoms with E-state index in [1.807, 2.05) is 27.9 Å². The fraction of sp³-hybridized carbons (Fsp3) is 0.600. The van der Waals surface area contributed by atoms with Gasteiger partial charge in [0, 0.05) is 10.9 Å². The first-order chi connectivity index (χ1) is 21.7. The average Bonchev–Trinajstić information content (AvgIpc) is 3.41. The molecule has 8 N–H and O–H groups in total. The molecule has 6 unspecified atom stereocenters. The summed E-state index contributed by atoms with van der Waals surface area (Å²) in [6.07, 6.45) is -4.15. The Bertz CT molecular complexity index is 1660. The number of fused-ring (bicyclic) bond motifs is 1. The number of aromatic amines is 1. The van der Waals surface area contributed by atoms with Crippen LogP contribution in [0.5, 0.6) is 0 Å². The van der Waals surface area contributed by atoms with Gasteiger partial charge in [-0.2, -0.15) is 24.3 Å². The van der Waals surface area contributed by atoms with Crippen LogP contribution in [-0.4, -0.2) is 94.5 Å². The second-order valence-electron chi connectivity index (χ2n) is 10.2. The first kappa shape index (κ1) is 40.9. The number of anilines is 1. The lowest BCUT2D eigenvalue weighted by Crippen LogP contribution is -2.36. The number of rotatable bonds is 16. The Morgan fingerprint density at radius 3 is 2.49 bits per heavy atom. The maximum Gasteiger partial charge on any atom is 0.490 e. The molecular formula is C20H32BN4O15P3S4. The SMILES string of the molecule is BSSCOCC#Cc1cn(C2OC(COP(=O)(O)OP(=O)(O)OP(=O)(O)O)C(OCSSC(C)(C)C)C2O)c2nc(N)[nH]c(=O)c12. The molecule has 19 nitrogen and oxygen atoms in total. The van der Waals surface area contributed by atoms with Crippen LogP contribution in [0.1, 0.15) is 32.6 Å². The number of aliphatic hydroxyl groups excluding tert-OH is 1. The number of nitrogens with two attached hydrogens (primary N) is 1. The highest BCUT2D eigenvalue weighted by molar-refractivity contribution is 8.84. The fourth-order valence-corrected chi connectivity index (χ4v) is 9.59. The quantitative estimate of drug-likeness (QED) is 0.0317. The molecular weight excluding hydrogens is 768 g/mol. The Morgan fingerprint density at radius 2 is 1.85 bits per heavy atom. The van der Waals surface area contributed by atoms with Crippen LogP contribution < -0.4 is 11.3 Å². The normalized spacial score (nSPS) is 22.9. The summed E-state index contributed by atoms with van der Waals surface area (Å²) in [6, 6.07) is 0. The molecule has 3 rings (SSSR count). The monoisotopic (exact) mass is 800 g/mol. The Labute approximate surface area is 284 Å². The Kier molecular flexibility index (Phi) is 14.9. The molecule has 3 heterocycles. The summed E-state index contributed by atoms with van der Waals surface area (Å²) in [6.45, 7) is 5.03. The van der Waals surface area contributed by atoms with Gasteiger partial charge in [0.1, 0.15) is 36.8 Å². The minimum Gasteiger partial charge on any atom is -0.386 e. The van der Waals surface area contributed by atoms with Gasteiger partial charge in [-0.25, -0.2) is 13.7 Å². The number of nitrogen functional groups attached to an aromatic ring is 1. The molecule has 0 spiro atoms. The minimum absolute atomic E-state index is 0.00562. The van der Waals surface area contributed by atoms with Gasteiger partial charge in [-0.1, -0.05) is 65.0 Å². The van der Waals surface area contributed by atoms with E-state index in [0.29, 0.717) is 5.94 Å². The summed E-state index contributed by atoms with van der Waals surface area (Å²) in [5, 5.41) is 11.4. The number of hydrogen-bond donors (Lipinski definition) is 7. The highest BCUT2D eigenvalue weighted by Crippen LogP contribution is 2.66. The standard InChI is InChI=1S/C20H32BN4O15P3S4/c1-20(2,3)46-44-10-36-15-12(8-37-42(31,32)40-43(33,34)39-41(28,29)30)38-18(14(15)26)25-7-11(5-4-6-35-9-45-47-21)13-16(25)23-19(22)24-17(13)27/h7,12,14-15,18,26H,6,8-10,21H2,1-3H3,(H,31,32)(H,33,34)(H2,28,29,30)(H3,22,23,24,27). The van der Waals surface area contributed by atoms with Gasteiger partial charge in [-0.05, 0) is 0 Å². The summed E-state index contributed by atoms with van der Waals surface area (Å²) >= 11 is 0. The summed E-state index contributed by atoms with van der Waals surface area (Å²) < 4.78 is 65.7. The molecule has 0 radical (unpaired) electrons. The van der Waals surface area contributed by atoms with Crippen molar-refractivity contribution in [1.29, 1.82) is 0 Å². The van der Waals surface area contributed by atoms with E-state index in [1.165, 1.54) is 53.8 Å². The number of phosphoric acid groups is 3. The molecule has 6 atom stereocenters. The van der Waals surface area contributed by atoms with Gasteiger partial charge < -0.3 is 49.2 Å². The van der Waals surface area contributed by atoms with E-state index in [1.54, 1.807) is 0 Å². The predicted octanol–water partition coefficient (Wildman–Crippen LogP) is 1.69. The number of nitrogens with zero attached hydrogens (tertiary/aromatic N) is 2. The zero-order valence-corrected chi connectivity index (χ0v) is 30.9. The molecule has 47 heavy (non-hydrogen) atoms. The van der Waals surface area contributed by atoms with Crippen LogP contribution in [0.3, 0.4) is 0 Å². The van der Waals surface area contributed by atoms with Crippen LogP contribution in [0.4, 0.5) is 5.95 Å². The van der Waals surface area contributed by atoms with Gasteiger partial charge in [0.15, 0.2) is 19.0 Å². The summed E-state index contributed by atoms with van der Waals surface area (Å²) in [7, 11) is -9.29. The van der Waals surface area contributed by atoms with E-state index >= 15 is 0 Å². The van der Waals surface area contributed by atoms with Crippen molar-refractivity contribution < 1.29 is 65.7 Å². The number of aromatic nitrogens is 3. The van der Waals surface area contributed by atoms with Crippen molar-refractivity contribution in [2.45, 2.75) is 50.1 Å². The lowest BCUT2D eigenvalue weighted by Gasteiger charge is -2.23. The molecule has 2 aromatic heterocycles. The van der Waals surface area contributed by atoms with Crippen molar-refractivity contribution >= 4 is 90.6 Å². The second kappa shape index (κ2) is 17.1. The summed E-state index contributed by atoms with van der Waals surface area (Å²) in [5.74, 6) is 5.75. The number of phosphoric ester groups is 1. The highest BCUT2D eigenvalue weighted by Gasteiger charge is 2.48. The van der Waals surface area contributed by atoms with Crippen molar-refractivity contribution in [3.63, 3.8) is 0 Å². The molecule has 1 saturated heterocycles. The Balaban J connectivity index is 1.91. The maximum absolute atomic E-state index is 12.9. The van der Waals surface area contributed by atoms with Crippen LogP contribution in [0.25, 0.3) is 11.0 Å². The molecule has 0 bridgehead atoms. The van der Waals surface area contributed by atoms with Crippen molar-refractivity contribution in [3.8, 4) is 11.8 Å². The summed E-state index contributed by atoms with van der Waals surface area (Å²) in [5.41, 5.74) is 5.33. The molecule has 1 aliphatic heterocycles. The van der Waals surface area contributed by atoms with Gasteiger partial charge in [-0.15, -0.1) is 0 Å². The summed E-state index contributed by atoms with van der Waals surface area (Å²) in [4.78, 5) is 56.4. The third-order valence-electron chi connectivity index (χ3n) is 5.37. The molecule has 264 valence electrons. The van der Waals surface area contributed by atoms with Gasteiger partial charge in [0.2, 0.25) is 5.95 Å². The third kappa shape index (κ3) is 13.0. The Morgan fingerprint density at radius 1 is 1.15 bits per heavy atom.